The van der Waals surface area contributed by atoms with Gasteiger partial charge in [0, 0.05) is 6.07 Å². The molecule has 0 bridgehead atoms. The van der Waals surface area contributed by atoms with Crippen LogP contribution in [0.2, 0.25) is 0 Å². The van der Waals surface area contributed by atoms with Crippen LogP contribution in [-0.2, 0) is 4.79 Å². The summed E-state index contributed by atoms with van der Waals surface area (Å²) in [5.74, 6) is 0.185. The highest BCUT2D eigenvalue weighted by molar-refractivity contribution is 5.76. The van der Waals surface area contributed by atoms with Crippen LogP contribution in [0.5, 0.6) is 11.5 Å². The Morgan fingerprint density at radius 2 is 1.75 bits per heavy atom. The maximum Gasteiger partial charge on any atom is 0.325 e. The number of carboxylic acid groups (broad SMARTS) is 1. The number of carbonyl (C=O) groups is 1. The fourth-order valence-electron chi connectivity index (χ4n) is 1.43. The quantitative estimate of drug-likeness (QED) is 0.784. The van der Waals surface area contributed by atoms with E-state index >= 15 is 0 Å². The van der Waals surface area contributed by atoms with Gasteiger partial charge in [0.25, 0.3) is 0 Å². The second kappa shape index (κ2) is 5.37. The maximum absolute atomic E-state index is 11.0. The Morgan fingerprint density at radius 1 is 1.25 bits per heavy atom. The molecule has 0 saturated heterocycles. The average Bonchev–Trinajstić information content (AvgIpc) is 2.29. The molecule has 0 amide bonds. The highest BCUT2D eigenvalue weighted by Gasteiger charge is 2.18. The van der Waals surface area contributed by atoms with Crippen molar-refractivity contribution in [2.45, 2.75) is 6.04 Å². The molecule has 5 heteroatoms. The van der Waals surface area contributed by atoms with Crippen molar-refractivity contribution in [1.82, 2.24) is 5.32 Å². The standard InChI is InChI=1S/C11H15NO4/c1-12-10(11(13)14)7-4-8(15-2)6-9(5-7)16-3/h4-6,10,12H,1-3H3,(H,13,14). The Kier molecular flexibility index (Phi) is 4.13. The van der Waals surface area contributed by atoms with Crippen molar-refractivity contribution in [3.63, 3.8) is 0 Å². The van der Waals surface area contributed by atoms with E-state index < -0.39 is 12.0 Å². The van der Waals surface area contributed by atoms with Gasteiger partial charge in [0.15, 0.2) is 0 Å². The van der Waals surface area contributed by atoms with E-state index in [9.17, 15) is 4.79 Å². The fourth-order valence-corrected chi connectivity index (χ4v) is 1.43. The van der Waals surface area contributed by atoms with E-state index in [1.165, 1.54) is 14.2 Å². The lowest BCUT2D eigenvalue weighted by atomic mass is 10.1. The summed E-state index contributed by atoms with van der Waals surface area (Å²) in [6.07, 6.45) is 0. The number of aliphatic carboxylic acids is 1. The molecule has 0 radical (unpaired) electrons. The summed E-state index contributed by atoms with van der Waals surface area (Å²) < 4.78 is 10.1. The van der Waals surface area contributed by atoms with E-state index in [-0.39, 0.29) is 0 Å². The molecule has 0 heterocycles. The van der Waals surface area contributed by atoms with Gasteiger partial charge in [-0.25, -0.2) is 0 Å². The zero-order valence-corrected chi connectivity index (χ0v) is 9.48. The normalized spacial score (nSPS) is 11.9. The van der Waals surface area contributed by atoms with Crippen LogP contribution >= 0.6 is 0 Å². The van der Waals surface area contributed by atoms with Gasteiger partial charge in [0.2, 0.25) is 0 Å². The van der Waals surface area contributed by atoms with Crippen molar-refractivity contribution in [3.8, 4) is 11.5 Å². The summed E-state index contributed by atoms with van der Waals surface area (Å²) in [4.78, 5) is 11.0. The molecule has 1 aromatic carbocycles. The van der Waals surface area contributed by atoms with Gasteiger partial charge >= 0.3 is 5.97 Å². The molecule has 0 aliphatic heterocycles. The monoisotopic (exact) mass is 225 g/mol. The lowest BCUT2D eigenvalue weighted by Crippen LogP contribution is -2.24. The Hall–Kier alpha value is -1.75. The van der Waals surface area contributed by atoms with Crippen LogP contribution in [0.4, 0.5) is 0 Å². The number of methoxy groups -OCH3 is 2. The van der Waals surface area contributed by atoms with Gasteiger partial charge in [-0.05, 0) is 24.7 Å². The van der Waals surface area contributed by atoms with Crippen molar-refractivity contribution in [1.29, 1.82) is 0 Å². The predicted octanol–water partition coefficient (Wildman–Crippen LogP) is 1.05. The molecule has 0 aliphatic rings. The third kappa shape index (κ3) is 2.64. The molecule has 1 atom stereocenters. The van der Waals surface area contributed by atoms with Crippen LogP contribution in [0.1, 0.15) is 11.6 Å². The van der Waals surface area contributed by atoms with Crippen molar-refractivity contribution in [2.24, 2.45) is 0 Å². The van der Waals surface area contributed by atoms with Crippen LogP contribution in [0.3, 0.4) is 0 Å². The van der Waals surface area contributed by atoms with E-state index in [1.54, 1.807) is 25.2 Å². The average molecular weight is 225 g/mol. The van der Waals surface area contributed by atoms with Crippen LogP contribution < -0.4 is 14.8 Å². The predicted molar refractivity (Wildman–Crippen MR) is 59.0 cm³/mol. The fraction of sp³-hybridized carbons (Fsp3) is 0.364. The molecule has 2 N–H and O–H groups in total. The Morgan fingerprint density at radius 3 is 2.06 bits per heavy atom. The van der Waals surface area contributed by atoms with E-state index in [0.717, 1.165) is 0 Å². The molecule has 1 unspecified atom stereocenters. The van der Waals surface area contributed by atoms with Crippen LogP contribution in [-0.4, -0.2) is 32.3 Å². The summed E-state index contributed by atoms with van der Waals surface area (Å²) in [5, 5.41) is 11.7. The lowest BCUT2D eigenvalue weighted by molar-refractivity contribution is -0.139. The zero-order valence-electron chi connectivity index (χ0n) is 9.48. The first-order chi connectivity index (χ1) is 7.62. The van der Waals surface area contributed by atoms with Gasteiger partial charge in [0.1, 0.15) is 17.5 Å². The Bertz CT molecular complexity index is 356. The molecule has 88 valence electrons. The largest absolute Gasteiger partial charge is 0.497 e. The number of rotatable bonds is 5. The molecule has 1 rings (SSSR count). The van der Waals surface area contributed by atoms with Gasteiger partial charge in [-0.2, -0.15) is 0 Å². The van der Waals surface area contributed by atoms with Crippen molar-refractivity contribution >= 4 is 5.97 Å². The molecular weight excluding hydrogens is 210 g/mol. The summed E-state index contributed by atoms with van der Waals surface area (Å²) in [6.45, 7) is 0. The highest BCUT2D eigenvalue weighted by Crippen LogP contribution is 2.26. The number of likely N-dealkylation sites (N-methyl/N-ethyl adjacent to an activating group) is 1. The van der Waals surface area contributed by atoms with Crippen LogP contribution in [0.25, 0.3) is 0 Å². The number of nitrogens with one attached hydrogen (secondary N) is 1. The third-order valence-corrected chi connectivity index (χ3v) is 2.24. The molecule has 0 saturated carbocycles. The van der Waals surface area contributed by atoms with E-state index in [1.807, 2.05) is 0 Å². The first kappa shape index (κ1) is 12.3. The maximum atomic E-state index is 11.0. The number of benzene rings is 1. The SMILES string of the molecule is CNC(C(=O)O)c1cc(OC)cc(OC)c1. The molecule has 5 nitrogen and oxygen atoms in total. The summed E-state index contributed by atoms with van der Waals surface area (Å²) in [7, 11) is 4.63. The minimum atomic E-state index is -0.946. The van der Waals surface area contributed by atoms with Gasteiger partial charge < -0.3 is 19.9 Å². The van der Waals surface area contributed by atoms with Crippen molar-refractivity contribution in [2.75, 3.05) is 21.3 Å². The smallest absolute Gasteiger partial charge is 0.325 e. The zero-order chi connectivity index (χ0) is 12.1. The van der Waals surface area contributed by atoms with Crippen molar-refractivity contribution in [3.05, 3.63) is 23.8 Å². The first-order valence-electron chi connectivity index (χ1n) is 4.75. The highest BCUT2D eigenvalue weighted by atomic mass is 16.5. The topological polar surface area (TPSA) is 67.8 Å². The number of ether oxygens (including phenoxy) is 2. The minimum Gasteiger partial charge on any atom is -0.497 e. The van der Waals surface area contributed by atoms with Gasteiger partial charge in [-0.15, -0.1) is 0 Å². The second-order valence-corrected chi connectivity index (χ2v) is 3.21. The summed E-state index contributed by atoms with van der Waals surface area (Å²) >= 11 is 0. The first-order valence-corrected chi connectivity index (χ1v) is 4.75. The summed E-state index contributed by atoms with van der Waals surface area (Å²) in [6, 6.07) is 4.25. The van der Waals surface area contributed by atoms with Gasteiger partial charge in [-0.1, -0.05) is 0 Å². The van der Waals surface area contributed by atoms with E-state index in [2.05, 4.69) is 5.32 Å². The number of hydrogen-bond donors (Lipinski definition) is 2. The molecule has 0 spiro atoms. The Labute approximate surface area is 94.0 Å². The molecule has 0 fully saturated rings. The lowest BCUT2D eigenvalue weighted by Gasteiger charge is -2.14. The molecule has 16 heavy (non-hydrogen) atoms. The van der Waals surface area contributed by atoms with E-state index in [4.69, 9.17) is 14.6 Å². The molecule has 0 aromatic heterocycles. The Balaban J connectivity index is 3.15. The van der Waals surface area contributed by atoms with Crippen LogP contribution in [0.15, 0.2) is 18.2 Å². The number of carboxylic acids is 1. The van der Waals surface area contributed by atoms with Gasteiger partial charge in [-0.3, -0.25) is 4.79 Å². The molecular formula is C11H15NO4. The van der Waals surface area contributed by atoms with Crippen LogP contribution in [0, 0.1) is 0 Å². The van der Waals surface area contributed by atoms with E-state index in [0.29, 0.717) is 17.1 Å². The van der Waals surface area contributed by atoms with Crippen molar-refractivity contribution < 1.29 is 19.4 Å². The molecule has 0 aliphatic carbocycles. The van der Waals surface area contributed by atoms with Gasteiger partial charge in [0.05, 0.1) is 14.2 Å². The summed E-state index contributed by atoms with van der Waals surface area (Å²) in [5.41, 5.74) is 0.589. The molecule has 1 aromatic rings. The minimum absolute atomic E-state index is 0.566. The second-order valence-electron chi connectivity index (χ2n) is 3.21. The third-order valence-electron chi connectivity index (χ3n) is 2.24. The number of hydrogen-bond acceptors (Lipinski definition) is 4.